The lowest BCUT2D eigenvalue weighted by atomic mass is 9.69. The first-order chi connectivity index (χ1) is 13.5. The molecule has 0 amide bonds. The lowest BCUT2D eigenvalue weighted by Crippen LogP contribution is -2.41. The summed E-state index contributed by atoms with van der Waals surface area (Å²) in [6.07, 6.45) is 0.731. The van der Waals surface area contributed by atoms with E-state index in [0.29, 0.717) is 11.2 Å². The van der Waals surface area contributed by atoms with Gasteiger partial charge < -0.3 is 14.0 Å². The van der Waals surface area contributed by atoms with Crippen molar-refractivity contribution in [3.8, 4) is 5.75 Å². The predicted octanol–water partition coefficient (Wildman–Crippen LogP) is 5.58. The maximum absolute atomic E-state index is 14.8. The average Bonchev–Trinajstić information content (AvgIpc) is 3.06. The molecule has 0 aromatic heterocycles. The number of ether oxygens (including phenoxy) is 1. The summed E-state index contributed by atoms with van der Waals surface area (Å²) >= 11 is 6.50. The zero-order valence-corrected chi connectivity index (χ0v) is 18.6. The fourth-order valence-electron chi connectivity index (χ4n) is 4.49. The topological polar surface area (TPSA) is 27.7 Å². The Morgan fingerprint density at radius 2 is 1.66 bits per heavy atom. The molecule has 0 aliphatic carbocycles. The van der Waals surface area contributed by atoms with Crippen LogP contribution in [0, 0.1) is 5.82 Å². The molecular weight excluding hydrogens is 390 g/mol. The lowest BCUT2D eigenvalue weighted by molar-refractivity contribution is 0.00578. The average molecular weight is 417 g/mol. The van der Waals surface area contributed by atoms with Crippen molar-refractivity contribution >= 4 is 24.2 Å². The minimum absolute atomic E-state index is 0.0395. The molecule has 0 bridgehead atoms. The van der Waals surface area contributed by atoms with Crippen LogP contribution < -0.4 is 10.2 Å². The zero-order chi connectivity index (χ0) is 21.2. The minimum atomic E-state index is -0.758. The summed E-state index contributed by atoms with van der Waals surface area (Å²) in [5.74, 6) is -0.0749. The van der Waals surface area contributed by atoms with Crippen molar-refractivity contribution in [3.63, 3.8) is 0 Å². The maximum atomic E-state index is 14.8. The fourth-order valence-corrected chi connectivity index (χ4v) is 4.73. The Morgan fingerprint density at radius 1 is 1.07 bits per heavy atom. The van der Waals surface area contributed by atoms with Gasteiger partial charge in [0.05, 0.1) is 16.2 Å². The number of fused-ring (bicyclic) bond motifs is 1. The van der Waals surface area contributed by atoms with Crippen molar-refractivity contribution in [2.75, 3.05) is 0 Å². The van der Waals surface area contributed by atoms with E-state index in [0.717, 1.165) is 17.5 Å². The molecule has 0 unspecified atom stereocenters. The second-order valence-corrected chi connectivity index (χ2v) is 9.40. The Hall–Kier alpha value is -1.56. The van der Waals surface area contributed by atoms with Gasteiger partial charge in [-0.25, -0.2) is 4.39 Å². The number of rotatable bonds is 3. The maximum Gasteiger partial charge on any atom is 0.496 e. The summed E-state index contributed by atoms with van der Waals surface area (Å²) in [5, 5.41) is 0.0395. The molecule has 0 saturated carbocycles. The third-order valence-corrected chi connectivity index (χ3v) is 7.34. The molecule has 154 valence electrons. The Kier molecular flexibility index (Phi) is 4.80. The van der Waals surface area contributed by atoms with E-state index < -0.39 is 29.7 Å². The predicted molar refractivity (Wildman–Crippen MR) is 115 cm³/mol. The molecule has 4 rings (SSSR count). The van der Waals surface area contributed by atoms with Gasteiger partial charge in [-0.15, -0.1) is 0 Å². The van der Waals surface area contributed by atoms with Crippen LogP contribution in [-0.2, 0) is 14.9 Å². The normalized spacial score (nSPS) is 27.0. The molecule has 29 heavy (non-hydrogen) atoms. The highest BCUT2D eigenvalue weighted by molar-refractivity contribution is 6.66. The van der Waals surface area contributed by atoms with Crippen LogP contribution in [0.15, 0.2) is 36.4 Å². The van der Waals surface area contributed by atoms with Crippen LogP contribution in [0.2, 0.25) is 5.02 Å². The Bertz CT molecular complexity index is 931. The molecule has 3 nitrogen and oxygen atoms in total. The molecule has 2 heterocycles. The third kappa shape index (κ3) is 2.93. The molecule has 6 heteroatoms. The van der Waals surface area contributed by atoms with E-state index in [1.165, 1.54) is 6.07 Å². The van der Waals surface area contributed by atoms with E-state index in [2.05, 4.69) is 26.0 Å². The second kappa shape index (κ2) is 6.73. The molecule has 2 aliphatic heterocycles. The van der Waals surface area contributed by atoms with E-state index in [9.17, 15) is 4.39 Å². The van der Waals surface area contributed by atoms with Crippen LogP contribution >= 0.6 is 11.6 Å². The summed E-state index contributed by atoms with van der Waals surface area (Å²) in [7, 11) is -0.758. The highest BCUT2D eigenvalue weighted by Gasteiger charge is 2.56. The quantitative estimate of drug-likeness (QED) is 0.611. The Balaban J connectivity index is 1.88. The Morgan fingerprint density at radius 3 is 2.21 bits per heavy atom. The van der Waals surface area contributed by atoms with E-state index in [4.69, 9.17) is 25.6 Å². The van der Waals surface area contributed by atoms with Crippen molar-refractivity contribution in [1.82, 2.24) is 0 Å². The van der Waals surface area contributed by atoms with Crippen LogP contribution in [-0.4, -0.2) is 18.3 Å². The molecule has 0 N–H and O–H groups in total. The van der Waals surface area contributed by atoms with Crippen LogP contribution in [0.1, 0.15) is 65.0 Å². The SMILES string of the molecule is CC[C@]1(c2ccccc2)Oc2cc(F)c(Cl)c(B3OC(C)(C)C(C)(C)O3)c2[C@@H]1C. The highest BCUT2D eigenvalue weighted by atomic mass is 35.5. The molecular formula is C23H27BClFO3. The van der Waals surface area contributed by atoms with Crippen LogP contribution in [0.3, 0.4) is 0 Å². The van der Waals surface area contributed by atoms with Gasteiger partial charge in [0.1, 0.15) is 17.2 Å². The molecule has 2 aliphatic rings. The van der Waals surface area contributed by atoms with Crippen molar-refractivity contribution < 1.29 is 18.4 Å². The van der Waals surface area contributed by atoms with E-state index in [1.807, 2.05) is 45.9 Å². The summed E-state index contributed by atoms with van der Waals surface area (Å²) in [6.45, 7) is 12.1. The number of hydrogen-bond acceptors (Lipinski definition) is 3. The number of benzene rings is 2. The van der Waals surface area contributed by atoms with Gasteiger partial charge in [-0.05, 0) is 39.7 Å². The van der Waals surface area contributed by atoms with Crippen molar-refractivity contribution in [1.29, 1.82) is 0 Å². The van der Waals surface area contributed by atoms with Crippen LogP contribution in [0.5, 0.6) is 5.75 Å². The first kappa shape index (κ1) is 20.7. The first-order valence-electron chi connectivity index (χ1n) is 10.2. The molecule has 0 spiro atoms. The summed E-state index contributed by atoms with van der Waals surface area (Å²) < 4.78 is 33.8. The van der Waals surface area contributed by atoms with Gasteiger partial charge >= 0.3 is 7.12 Å². The minimum Gasteiger partial charge on any atom is -0.482 e. The summed E-state index contributed by atoms with van der Waals surface area (Å²) in [4.78, 5) is 0. The van der Waals surface area contributed by atoms with Gasteiger partial charge in [0.25, 0.3) is 0 Å². The largest absolute Gasteiger partial charge is 0.496 e. The molecule has 1 saturated heterocycles. The van der Waals surface area contributed by atoms with Crippen molar-refractivity contribution in [2.24, 2.45) is 0 Å². The lowest BCUT2D eigenvalue weighted by Gasteiger charge is -2.33. The van der Waals surface area contributed by atoms with Gasteiger partial charge in [0.2, 0.25) is 0 Å². The summed E-state index contributed by atoms with van der Waals surface area (Å²) in [5.41, 5.74) is 0.759. The van der Waals surface area contributed by atoms with Crippen LogP contribution in [0.25, 0.3) is 0 Å². The molecule has 2 aromatic carbocycles. The number of halogens is 2. The number of hydrogen-bond donors (Lipinski definition) is 0. The van der Waals surface area contributed by atoms with Crippen molar-refractivity contribution in [2.45, 2.75) is 70.7 Å². The van der Waals surface area contributed by atoms with Gasteiger partial charge in [-0.2, -0.15) is 0 Å². The van der Waals surface area contributed by atoms with E-state index >= 15 is 0 Å². The highest BCUT2D eigenvalue weighted by Crippen LogP contribution is 2.53. The molecule has 2 aromatic rings. The smallest absolute Gasteiger partial charge is 0.482 e. The second-order valence-electron chi connectivity index (χ2n) is 9.02. The van der Waals surface area contributed by atoms with Gasteiger partial charge in [0, 0.05) is 23.0 Å². The van der Waals surface area contributed by atoms with E-state index in [-0.39, 0.29) is 10.9 Å². The van der Waals surface area contributed by atoms with Gasteiger partial charge in [0.15, 0.2) is 0 Å². The first-order valence-corrected chi connectivity index (χ1v) is 10.5. The van der Waals surface area contributed by atoms with Gasteiger partial charge in [-0.3, -0.25) is 0 Å². The third-order valence-electron chi connectivity index (χ3n) is 6.96. The molecule has 0 radical (unpaired) electrons. The van der Waals surface area contributed by atoms with E-state index in [1.54, 1.807) is 0 Å². The van der Waals surface area contributed by atoms with Crippen LogP contribution in [0.4, 0.5) is 4.39 Å². The monoisotopic (exact) mass is 416 g/mol. The Labute approximate surface area is 177 Å². The summed E-state index contributed by atoms with van der Waals surface area (Å²) in [6, 6.07) is 11.5. The molecule has 2 atom stereocenters. The fraction of sp³-hybridized carbons (Fsp3) is 0.478. The molecule has 1 fully saturated rings. The zero-order valence-electron chi connectivity index (χ0n) is 17.8. The van der Waals surface area contributed by atoms with Crippen molar-refractivity contribution in [3.05, 3.63) is 58.4 Å². The van der Waals surface area contributed by atoms with Gasteiger partial charge in [-0.1, -0.05) is 55.8 Å². The standard InChI is InChI=1S/C23H27BClFO3/c1-7-23(15-11-9-8-10-12-15)14(2)18-17(27-23)13-16(26)20(25)19(18)24-28-21(3,4)22(5,6)29-24/h8-14H,7H2,1-6H3/t14-,23-/m0/s1.